The van der Waals surface area contributed by atoms with Crippen molar-refractivity contribution in [2.45, 2.75) is 19.4 Å². The molecule has 2 aromatic carbocycles. The van der Waals surface area contributed by atoms with Gasteiger partial charge in [-0.15, -0.1) is 0 Å². The number of hydrogen-bond donors (Lipinski definition) is 3. The number of hydrogen-bond acceptors (Lipinski definition) is 4. The zero-order valence-corrected chi connectivity index (χ0v) is 15.1. The van der Waals surface area contributed by atoms with Crippen LogP contribution in [0.2, 0.25) is 0 Å². The van der Waals surface area contributed by atoms with E-state index in [0.29, 0.717) is 30.0 Å². The molecule has 0 bridgehead atoms. The van der Waals surface area contributed by atoms with Crippen LogP contribution in [0.25, 0.3) is 0 Å². The SMILES string of the molecule is CC1C(=O)Nc2cc(C(=O)NCCN)ccc2N1C(=O)Cc1ccccc1. The molecule has 0 saturated carbocycles. The molecule has 1 unspecified atom stereocenters. The second-order valence-electron chi connectivity index (χ2n) is 6.37. The van der Waals surface area contributed by atoms with E-state index < -0.39 is 6.04 Å². The molecule has 0 aliphatic carbocycles. The summed E-state index contributed by atoms with van der Waals surface area (Å²) < 4.78 is 0. The molecule has 7 nitrogen and oxygen atoms in total. The van der Waals surface area contributed by atoms with Gasteiger partial charge in [0.25, 0.3) is 5.91 Å². The number of carbonyl (C=O) groups excluding carboxylic acids is 3. The number of benzene rings is 2. The number of rotatable bonds is 5. The lowest BCUT2D eigenvalue weighted by atomic mass is 10.0. The van der Waals surface area contributed by atoms with Crippen LogP contribution in [-0.4, -0.2) is 36.9 Å². The molecule has 2 aromatic rings. The highest BCUT2D eigenvalue weighted by Gasteiger charge is 2.34. The van der Waals surface area contributed by atoms with Crippen molar-refractivity contribution in [3.05, 3.63) is 59.7 Å². The van der Waals surface area contributed by atoms with E-state index >= 15 is 0 Å². The van der Waals surface area contributed by atoms with Gasteiger partial charge < -0.3 is 16.4 Å². The van der Waals surface area contributed by atoms with Crippen LogP contribution in [-0.2, 0) is 16.0 Å². The van der Waals surface area contributed by atoms with E-state index in [1.165, 1.54) is 4.90 Å². The van der Waals surface area contributed by atoms with Gasteiger partial charge in [0.05, 0.1) is 17.8 Å². The molecular formula is C20H22N4O3. The third-order valence-electron chi connectivity index (χ3n) is 4.44. The third-order valence-corrected chi connectivity index (χ3v) is 4.44. The summed E-state index contributed by atoms with van der Waals surface area (Å²) in [5.74, 6) is -0.744. The van der Waals surface area contributed by atoms with E-state index in [0.717, 1.165) is 5.56 Å². The van der Waals surface area contributed by atoms with Gasteiger partial charge in [-0.05, 0) is 30.7 Å². The first kappa shape index (κ1) is 18.6. The molecule has 0 saturated heterocycles. The van der Waals surface area contributed by atoms with Crippen LogP contribution >= 0.6 is 0 Å². The van der Waals surface area contributed by atoms with Gasteiger partial charge in [-0.1, -0.05) is 30.3 Å². The molecule has 27 heavy (non-hydrogen) atoms. The van der Waals surface area contributed by atoms with Gasteiger partial charge in [-0.3, -0.25) is 19.3 Å². The maximum Gasteiger partial charge on any atom is 0.251 e. The van der Waals surface area contributed by atoms with Gasteiger partial charge in [-0.2, -0.15) is 0 Å². The van der Waals surface area contributed by atoms with Gasteiger partial charge >= 0.3 is 0 Å². The van der Waals surface area contributed by atoms with Crippen LogP contribution in [0, 0.1) is 0 Å². The van der Waals surface area contributed by atoms with Gasteiger partial charge in [0, 0.05) is 18.7 Å². The highest BCUT2D eigenvalue weighted by Crippen LogP contribution is 2.33. The zero-order valence-electron chi connectivity index (χ0n) is 15.1. The van der Waals surface area contributed by atoms with Crippen LogP contribution in [0.3, 0.4) is 0 Å². The molecule has 0 spiro atoms. The summed E-state index contributed by atoms with van der Waals surface area (Å²) in [6.07, 6.45) is 0.191. The molecule has 7 heteroatoms. The van der Waals surface area contributed by atoms with Crippen molar-refractivity contribution in [2.75, 3.05) is 23.3 Å². The summed E-state index contributed by atoms with van der Waals surface area (Å²) >= 11 is 0. The number of anilines is 2. The Hall–Kier alpha value is -3.19. The number of nitrogens with zero attached hydrogens (tertiary/aromatic N) is 1. The molecule has 1 aliphatic heterocycles. The number of fused-ring (bicyclic) bond motifs is 1. The Morgan fingerprint density at radius 2 is 1.93 bits per heavy atom. The molecule has 0 radical (unpaired) electrons. The number of nitrogens with two attached hydrogens (primary N) is 1. The van der Waals surface area contributed by atoms with Crippen LogP contribution in [0.1, 0.15) is 22.8 Å². The van der Waals surface area contributed by atoms with Crippen molar-refractivity contribution in [3.63, 3.8) is 0 Å². The van der Waals surface area contributed by atoms with Crippen molar-refractivity contribution >= 4 is 29.1 Å². The minimum absolute atomic E-state index is 0.176. The van der Waals surface area contributed by atoms with Crippen molar-refractivity contribution < 1.29 is 14.4 Å². The number of nitrogens with one attached hydrogen (secondary N) is 2. The van der Waals surface area contributed by atoms with Gasteiger partial charge in [0.15, 0.2) is 0 Å². The highest BCUT2D eigenvalue weighted by molar-refractivity contribution is 6.13. The van der Waals surface area contributed by atoms with Crippen LogP contribution < -0.4 is 21.3 Å². The minimum atomic E-state index is -0.634. The molecular weight excluding hydrogens is 344 g/mol. The van der Waals surface area contributed by atoms with Crippen molar-refractivity contribution in [2.24, 2.45) is 5.73 Å². The lowest BCUT2D eigenvalue weighted by molar-refractivity contribution is -0.123. The lowest BCUT2D eigenvalue weighted by Crippen LogP contribution is -2.50. The van der Waals surface area contributed by atoms with Gasteiger partial charge in [0.2, 0.25) is 11.8 Å². The van der Waals surface area contributed by atoms with E-state index in [-0.39, 0.29) is 24.1 Å². The topological polar surface area (TPSA) is 105 Å². The Balaban J connectivity index is 1.89. The van der Waals surface area contributed by atoms with Gasteiger partial charge in [0.1, 0.15) is 6.04 Å². The molecule has 0 aromatic heterocycles. The second-order valence-corrected chi connectivity index (χ2v) is 6.37. The summed E-state index contributed by atoms with van der Waals surface area (Å²) in [6, 6.07) is 13.6. The van der Waals surface area contributed by atoms with E-state index in [1.807, 2.05) is 30.3 Å². The van der Waals surface area contributed by atoms with Crippen LogP contribution in [0.15, 0.2) is 48.5 Å². The van der Waals surface area contributed by atoms with Crippen LogP contribution in [0.4, 0.5) is 11.4 Å². The maximum absolute atomic E-state index is 12.9. The lowest BCUT2D eigenvalue weighted by Gasteiger charge is -2.35. The number of carbonyl (C=O) groups is 3. The summed E-state index contributed by atoms with van der Waals surface area (Å²) in [7, 11) is 0. The van der Waals surface area contributed by atoms with Crippen LogP contribution in [0.5, 0.6) is 0 Å². The molecule has 1 heterocycles. The summed E-state index contributed by atoms with van der Waals surface area (Å²) in [5, 5.41) is 5.46. The largest absolute Gasteiger partial charge is 0.351 e. The molecule has 3 amide bonds. The first-order chi connectivity index (χ1) is 13.0. The van der Waals surface area contributed by atoms with E-state index in [2.05, 4.69) is 10.6 Å². The summed E-state index contributed by atoms with van der Waals surface area (Å²) in [6.45, 7) is 2.39. The molecule has 3 rings (SSSR count). The van der Waals surface area contributed by atoms with E-state index in [1.54, 1.807) is 25.1 Å². The molecule has 1 atom stereocenters. The highest BCUT2D eigenvalue weighted by atomic mass is 16.2. The normalized spacial score (nSPS) is 15.7. The predicted octanol–water partition coefficient (Wildman–Crippen LogP) is 1.29. The average molecular weight is 366 g/mol. The minimum Gasteiger partial charge on any atom is -0.351 e. The quantitative estimate of drug-likeness (QED) is 0.742. The third kappa shape index (κ3) is 3.98. The molecule has 1 aliphatic rings. The Morgan fingerprint density at radius 1 is 1.19 bits per heavy atom. The first-order valence-electron chi connectivity index (χ1n) is 8.80. The monoisotopic (exact) mass is 366 g/mol. The Bertz CT molecular complexity index is 867. The standard InChI is InChI=1S/C20H22N4O3/c1-13-19(26)23-16-12-15(20(27)22-10-9-21)7-8-17(16)24(13)18(25)11-14-5-3-2-4-6-14/h2-8,12-13H,9-11,21H2,1H3,(H,22,27)(H,23,26). The fourth-order valence-electron chi connectivity index (χ4n) is 3.04. The second kappa shape index (κ2) is 8.01. The predicted molar refractivity (Wildman–Crippen MR) is 104 cm³/mol. The summed E-state index contributed by atoms with van der Waals surface area (Å²) in [4.78, 5) is 38.9. The van der Waals surface area contributed by atoms with E-state index in [9.17, 15) is 14.4 Å². The number of amides is 3. The molecule has 4 N–H and O–H groups in total. The Labute approximate surface area is 157 Å². The van der Waals surface area contributed by atoms with Crippen molar-refractivity contribution in [3.8, 4) is 0 Å². The van der Waals surface area contributed by atoms with E-state index in [4.69, 9.17) is 5.73 Å². The summed E-state index contributed by atoms with van der Waals surface area (Å²) in [5.41, 5.74) is 7.70. The Kier molecular flexibility index (Phi) is 5.52. The fraction of sp³-hybridized carbons (Fsp3) is 0.250. The first-order valence-corrected chi connectivity index (χ1v) is 8.80. The maximum atomic E-state index is 12.9. The molecule has 0 fully saturated rings. The van der Waals surface area contributed by atoms with Gasteiger partial charge in [-0.25, -0.2) is 0 Å². The van der Waals surface area contributed by atoms with Crippen molar-refractivity contribution in [1.82, 2.24) is 5.32 Å². The molecule has 140 valence electrons. The zero-order chi connectivity index (χ0) is 19.4. The average Bonchev–Trinajstić information content (AvgIpc) is 2.67. The Morgan fingerprint density at radius 3 is 2.63 bits per heavy atom. The smallest absolute Gasteiger partial charge is 0.251 e. The van der Waals surface area contributed by atoms with Crippen molar-refractivity contribution in [1.29, 1.82) is 0 Å². The fourth-order valence-corrected chi connectivity index (χ4v) is 3.04.